The molecule has 0 spiro atoms. The van der Waals surface area contributed by atoms with E-state index in [0.29, 0.717) is 11.6 Å². The zero-order chi connectivity index (χ0) is 22.5. The number of nitrogens with one attached hydrogen (secondary N) is 1. The average molecular weight is 425 g/mol. The molecule has 0 unspecified atom stereocenters. The van der Waals surface area contributed by atoms with Gasteiger partial charge < -0.3 is 9.73 Å². The molecule has 0 bridgehead atoms. The van der Waals surface area contributed by atoms with Crippen LogP contribution in [0, 0.1) is 13.8 Å². The number of hydrogen-bond acceptors (Lipinski definition) is 4. The number of rotatable bonds is 4. The van der Waals surface area contributed by atoms with E-state index in [1.54, 1.807) is 6.92 Å². The lowest BCUT2D eigenvalue weighted by Crippen LogP contribution is -2.41. The monoisotopic (exact) mass is 425 g/mol. The first-order valence-electron chi connectivity index (χ1n) is 10.5. The van der Waals surface area contributed by atoms with Crippen molar-refractivity contribution in [3.8, 4) is 11.5 Å². The molecule has 0 saturated carbocycles. The molecule has 1 N–H and O–H groups in total. The molecule has 1 atom stereocenters. The lowest BCUT2D eigenvalue weighted by atomic mass is 9.88. The largest absolute Gasteiger partial charge is 0.444 e. The van der Waals surface area contributed by atoms with Crippen LogP contribution in [0.15, 0.2) is 71.3 Å². The van der Waals surface area contributed by atoms with Crippen molar-refractivity contribution in [2.45, 2.75) is 32.9 Å². The number of carbonyl (C=O) groups excluding carboxylic acids is 2. The fraction of sp³-hybridized carbons (Fsp3) is 0.192. The third kappa shape index (κ3) is 3.15. The zero-order valence-corrected chi connectivity index (χ0v) is 18.2. The predicted octanol–water partition coefficient (Wildman–Crippen LogP) is 5.08. The van der Waals surface area contributed by atoms with Gasteiger partial charge in [-0.05, 0) is 48.7 Å². The van der Waals surface area contributed by atoms with Gasteiger partial charge in [-0.3, -0.25) is 9.69 Å². The second-order valence-corrected chi connectivity index (χ2v) is 8.44. The molecule has 2 heterocycles. The Kier molecular flexibility index (Phi) is 4.59. The van der Waals surface area contributed by atoms with Crippen LogP contribution >= 0.6 is 0 Å². The highest BCUT2D eigenvalue weighted by Crippen LogP contribution is 2.34. The highest BCUT2D eigenvalue weighted by atomic mass is 16.3. The highest BCUT2D eigenvalue weighted by Gasteiger charge is 2.49. The summed E-state index contributed by atoms with van der Waals surface area (Å²) in [5.74, 6) is 0.163. The van der Waals surface area contributed by atoms with Crippen molar-refractivity contribution >= 4 is 22.7 Å². The van der Waals surface area contributed by atoms with Gasteiger partial charge in [0.2, 0.25) is 5.89 Å². The smallest absolute Gasteiger partial charge is 0.325 e. The summed E-state index contributed by atoms with van der Waals surface area (Å²) >= 11 is 0. The number of carbonyl (C=O) groups is 2. The van der Waals surface area contributed by atoms with E-state index in [2.05, 4.69) is 16.4 Å². The van der Waals surface area contributed by atoms with Crippen LogP contribution in [-0.2, 0) is 16.9 Å². The zero-order valence-electron chi connectivity index (χ0n) is 18.2. The summed E-state index contributed by atoms with van der Waals surface area (Å²) in [4.78, 5) is 32.0. The van der Waals surface area contributed by atoms with Crippen LogP contribution in [0.4, 0.5) is 4.79 Å². The molecule has 3 amide bonds. The van der Waals surface area contributed by atoms with Crippen LogP contribution < -0.4 is 5.32 Å². The minimum Gasteiger partial charge on any atom is -0.444 e. The minimum absolute atomic E-state index is 0.0411. The Hall–Kier alpha value is -3.93. The molecule has 1 saturated heterocycles. The maximum absolute atomic E-state index is 13.4. The van der Waals surface area contributed by atoms with E-state index >= 15 is 0 Å². The average Bonchev–Trinajstić information content (AvgIpc) is 3.32. The number of hydrogen-bond donors (Lipinski definition) is 1. The van der Waals surface area contributed by atoms with Gasteiger partial charge in [-0.2, -0.15) is 0 Å². The lowest BCUT2D eigenvalue weighted by Gasteiger charge is -2.24. The van der Waals surface area contributed by atoms with Crippen LogP contribution in [0.5, 0.6) is 0 Å². The normalized spacial score (nSPS) is 18.4. The van der Waals surface area contributed by atoms with E-state index < -0.39 is 11.6 Å². The molecule has 6 heteroatoms. The van der Waals surface area contributed by atoms with Gasteiger partial charge in [0.05, 0.1) is 12.2 Å². The molecule has 6 nitrogen and oxygen atoms in total. The molecule has 1 fully saturated rings. The fourth-order valence-electron chi connectivity index (χ4n) is 4.40. The standard InChI is InChI=1S/C26H23N3O3/c1-16-11-12-20(17(2)13-16)23-27-19(15-32-23)14-29-24(30)26(3,28-25(29)31)22-10-6-8-18-7-4-5-9-21(18)22/h4-13,15H,14H2,1-3H3,(H,28,31)/t26-/m1/s1. The molecular formula is C26H23N3O3. The minimum atomic E-state index is -1.15. The van der Waals surface area contributed by atoms with Gasteiger partial charge in [0.1, 0.15) is 11.8 Å². The Morgan fingerprint density at radius 1 is 1.03 bits per heavy atom. The Morgan fingerprint density at radius 2 is 1.81 bits per heavy atom. The van der Waals surface area contributed by atoms with Crippen molar-refractivity contribution in [3.05, 3.63) is 89.3 Å². The van der Waals surface area contributed by atoms with Crippen molar-refractivity contribution in [1.29, 1.82) is 0 Å². The second kappa shape index (κ2) is 7.34. The number of nitrogens with zero attached hydrogens (tertiary/aromatic N) is 2. The summed E-state index contributed by atoms with van der Waals surface area (Å²) in [5, 5.41) is 4.84. The van der Waals surface area contributed by atoms with Gasteiger partial charge in [0, 0.05) is 5.56 Å². The lowest BCUT2D eigenvalue weighted by molar-refractivity contribution is -0.131. The van der Waals surface area contributed by atoms with Gasteiger partial charge in [-0.15, -0.1) is 0 Å². The summed E-state index contributed by atoms with van der Waals surface area (Å²) in [6.07, 6.45) is 1.50. The first-order chi connectivity index (χ1) is 15.4. The van der Waals surface area contributed by atoms with E-state index in [4.69, 9.17) is 4.42 Å². The fourth-order valence-corrected chi connectivity index (χ4v) is 4.40. The maximum atomic E-state index is 13.4. The Labute approximate surface area is 185 Å². The molecule has 5 rings (SSSR count). The molecule has 3 aromatic carbocycles. The Bertz CT molecular complexity index is 1370. The van der Waals surface area contributed by atoms with Gasteiger partial charge >= 0.3 is 6.03 Å². The van der Waals surface area contributed by atoms with Crippen molar-refractivity contribution in [1.82, 2.24) is 15.2 Å². The third-order valence-electron chi connectivity index (χ3n) is 6.09. The molecule has 0 aliphatic carbocycles. The van der Waals surface area contributed by atoms with Crippen LogP contribution in [-0.4, -0.2) is 21.8 Å². The van der Waals surface area contributed by atoms with Gasteiger partial charge in [-0.1, -0.05) is 60.2 Å². The number of benzene rings is 3. The first-order valence-corrected chi connectivity index (χ1v) is 10.5. The molecule has 4 aromatic rings. The van der Waals surface area contributed by atoms with Crippen LogP contribution in [0.3, 0.4) is 0 Å². The van der Waals surface area contributed by atoms with Crippen molar-refractivity contribution < 1.29 is 14.0 Å². The summed E-state index contributed by atoms with van der Waals surface area (Å²) in [5.41, 5.74) is 3.23. The van der Waals surface area contributed by atoms with E-state index in [1.807, 2.05) is 68.4 Å². The molecule has 0 radical (unpaired) electrons. The molecule has 32 heavy (non-hydrogen) atoms. The number of aryl methyl sites for hydroxylation is 2. The Balaban J connectivity index is 1.44. The van der Waals surface area contributed by atoms with Gasteiger partial charge in [-0.25, -0.2) is 9.78 Å². The van der Waals surface area contributed by atoms with E-state index in [0.717, 1.165) is 33.0 Å². The molecule has 160 valence electrons. The number of fused-ring (bicyclic) bond motifs is 1. The molecule has 1 aromatic heterocycles. The SMILES string of the molecule is Cc1ccc(-c2nc(CN3C(=O)N[C@](C)(c4cccc5ccccc45)C3=O)co2)c(C)c1. The number of amides is 3. The van der Waals surface area contributed by atoms with Crippen LogP contribution in [0.25, 0.3) is 22.2 Å². The topological polar surface area (TPSA) is 75.4 Å². The van der Waals surface area contributed by atoms with Crippen molar-refractivity contribution in [2.24, 2.45) is 0 Å². The number of urea groups is 1. The summed E-state index contributed by atoms with van der Waals surface area (Å²) in [6.45, 7) is 5.82. The number of imide groups is 1. The third-order valence-corrected chi connectivity index (χ3v) is 6.09. The highest BCUT2D eigenvalue weighted by molar-refractivity contribution is 6.09. The first kappa shape index (κ1) is 20.0. The van der Waals surface area contributed by atoms with Crippen molar-refractivity contribution in [3.63, 3.8) is 0 Å². The summed E-state index contributed by atoms with van der Waals surface area (Å²) < 4.78 is 5.67. The van der Waals surface area contributed by atoms with E-state index in [-0.39, 0.29) is 12.5 Å². The van der Waals surface area contributed by atoms with E-state index in [9.17, 15) is 9.59 Å². The van der Waals surface area contributed by atoms with Gasteiger partial charge in [0.25, 0.3) is 5.91 Å². The molecular weight excluding hydrogens is 402 g/mol. The Morgan fingerprint density at radius 3 is 2.62 bits per heavy atom. The molecule has 1 aliphatic rings. The van der Waals surface area contributed by atoms with Crippen LogP contribution in [0.1, 0.15) is 29.3 Å². The van der Waals surface area contributed by atoms with Crippen LogP contribution in [0.2, 0.25) is 0 Å². The quantitative estimate of drug-likeness (QED) is 0.463. The number of aromatic nitrogens is 1. The van der Waals surface area contributed by atoms with E-state index in [1.165, 1.54) is 11.2 Å². The summed E-state index contributed by atoms with van der Waals surface area (Å²) in [6, 6.07) is 19.2. The number of oxazole rings is 1. The maximum Gasteiger partial charge on any atom is 0.325 e. The van der Waals surface area contributed by atoms with Crippen molar-refractivity contribution in [2.75, 3.05) is 0 Å². The second-order valence-electron chi connectivity index (χ2n) is 8.44. The summed E-state index contributed by atoms with van der Waals surface area (Å²) in [7, 11) is 0. The molecule has 1 aliphatic heterocycles. The van der Waals surface area contributed by atoms with Gasteiger partial charge in [0.15, 0.2) is 0 Å². The predicted molar refractivity (Wildman–Crippen MR) is 122 cm³/mol.